The van der Waals surface area contributed by atoms with Crippen molar-refractivity contribution in [2.24, 2.45) is 0 Å². The van der Waals surface area contributed by atoms with Crippen LogP contribution in [-0.4, -0.2) is 38.5 Å². The van der Waals surface area contributed by atoms with E-state index in [4.69, 9.17) is 4.74 Å². The van der Waals surface area contributed by atoms with Gasteiger partial charge in [-0.3, -0.25) is 9.36 Å². The van der Waals surface area contributed by atoms with Gasteiger partial charge in [-0.2, -0.15) is 0 Å². The number of thioether (sulfide) groups is 1. The fourth-order valence-corrected chi connectivity index (χ4v) is 4.37. The van der Waals surface area contributed by atoms with Gasteiger partial charge in [0.2, 0.25) is 5.91 Å². The van der Waals surface area contributed by atoms with Crippen LogP contribution in [0.4, 0.5) is 5.13 Å². The van der Waals surface area contributed by atoms with Crippen LogP contribution >= 0.6 is 23.1 Å². The van der Waals surface area contributed by atoms with Crippen molar-refractivity contribution < 1.29 is 9.53 Å². The summed E-state index contributed by atoms with van der Waals surface area (Å²) in [5, 5.41) is 14.1. The highest BCUT2D eigenvalue weighted by atomic mass is 32.2. The number of anilines is 1. The summed E-state index contributed by atoms with van der Waals surface area (Å²) in [6, 6.07) is 15.9. The Bertz CT molecular complexity index is 1150. The molecular formula is C22H21N5O2S2. The van der Waals surface area contributed by atoms with Crippen LogP contribution in [0.15, 0.2) is 65.4 Å². The van der Waals surface area contributed by atoms with E-state index in [-0.39, 0.29) is 11.7 Å². The number of carbonyl (C=O) groups excluding carboxylic acids is 1. The number of carbonyl (C=O) groups is 1. The molecule has 0 fully saturated rings. The second kappa shape index (κ2) is 9.76. The van der Waals surface area contributed by atoms with Crippen molar-refractivity contribution in [3.05, 3.63) is 65.8 Å². The smallest absolute Gasteiger partial charge is 0.236 e. The van der Waals surface area contributed by atoms with E-state index in [2.05, 4.69) is 51.7 Å². The van der Waals surface area contributed by atoms with Crippen LogP contribution in [0, 0.1) is 0 Å². The van der Waals surface area contributed by atoms with Crippen molar-refractivity contribution >= 4 is 34.1 Å². The maximum Gasteiger partial charge on any atom is 0.236 e. The van der Waals surface area contributed by atoms with Gasteiger partial charge in [-0.25, -0.2) is 4.98 Å². The van der Waals surface area contributed by atoms with Gasteiger partial charge in [0, 0.05) is 16.6 Å². The standard InChI is InChI=1S/C22H21N5O2S2/c1-3-15-4-6-16(7-5-15)19-12-30-21(24-19)25-20(28)13-31-22-26-23-14-27(22)17-8-10-18(29-2)11-9-17/h4-12,14H,3,13H2,1-2H3,(H,24,25,28). The second-order valence-corrected chi connectivity index (χ2v) is 8.41. The molecule has 4 rings (SSSR count). The lowest BCUT2D eigenvalue weighted by molar-refractivity contribution is -0.113. The van der Waals surface area contributed by atoms with E-state index in [1.54, 1.807) is 13.4 Å². The number of aromatic nitrogens is 4. The molecule has 2 aromatic heterocycles. The molecule has 7 nitrogen and oxygen atoms in total. The van der Waals surface area contributed by atoms with Crippen molar-refractivity contribution in [3.63, 3.8) is 0 Å². The normalized spacial score (nSPS) is 10.8. The Hall–Kier alpha value is -3.17. The van der Waals surface area contributed by atoms with Crippen molar-refractivity contribution in [2.45, 2.75) is 18.5 Å². The minimum atomic E-state index is -0.142. The topological polar surface area (TPSA) is 81.9 Å². The summed E-state index contributed by atoms with van der Waals surface area (Å²) < 4.78 is 7.02. The lowest BCUT2D eigenvalue weighted by Gasteiger charge is -2.07. The number of nitrogens with zero attached hydrogens (tertiary/aromatic N) is 4. The molecule has 1 amide bonds. The molecular weight excluding hydrogens is 430 g/mol. The number of aryl methyl sites for hydroxylation is 1. The number of thiazole rings is 1. The Morgan fingerprint density at radius 3 is 2.65 bits per heavy atom. The Morgan fingerprint density at radius 2 is 1.94 bits per heavy atom. The summed E-state index contributed by atoms with van der Waals surface area (Å²) in [5.74, 6) is 0.834. The van der Waals surface area contributed by atoms with Crippen LogP contribution in [-0.2, 0) is 11.2 Å². The minimum Gasteiger partial charge on any atom is -0.497 e. The van der Waals surface area contributed by atoms with Gasteiger partial charge in [-0.1, -0.05) is 43.0 Å². The molecule has 1 N–H and O–H groups in total. The maximum absolute atomic E-state index is 12.4. The molecule has 0 unspecified atom stereocenters. The largest absolute Gasteiger partial charge is 0.497 e. The fourth-order valence-electron chi connectivity index (χ4n) is 2.90. The van der Waals surface area contributed by atoms with Crippen LogP contribution in [0.1, 0.15) is 12.5 Å². The molecule has 0 spiro atoms. The van der Waals surface area contributed by atoms with E-state index < -0.39 is 0 Å². The third-order valence-corrected chi connectivity index (χ3v) is 6.31. The zero-order chi connectivity index (χ0) is 21.6. The first-order valence-corrected chi connectivity index (χ1v) is 11.5. The number of hydrogen-bond donors (Lipinski definition) is 1. The third-order valence-electron chi connectivity index (χ3n) is 4.61. The Balaban J connectivity index is 1.36. The number of amides is 1. The van der Waals surface area contributed by atoms with Crippen LogP contribution in [0.2, 0.25) is 0 Å². The van der Waals surface area contributed by atoms with Gasteiger partial charge >= 0.3 is 0 Å². The van der Waals surface area contributed by atoms with Crippen molar-refractivity contribution in [2.75, 3.05) is 18.2 Å². The van der Waals surface area contributed by atoms with Crippen LogP contribution in [0.5, 0.6) is 5.75 Å². The molecule has 2 heterocycles. The number of methoxy groups -OCH3 is 1. The predicted octanol–water partition coefficient (Wildman–Crippen LogP) is 4.69. The zero-order valence-electron chi connectivity index (χ0n) is 17.1. The van der Waals surface area contributed by atoms with E-state index in [0.717, 1.165) is 29.1 Å². The molecule has 0 saturated heterocycles. The predicted molar refractivity (Wildman–Crippen MR) is 124 cm³/mol. The van der Waals surface area contributed by atoms with Gasteiger partial charge in [0.1, 0.15) is 12.1 Å². The van der Waals surface area contributed by atoms with E-state index in [0.29, 0.717) is 10.3 Å². The fraction of sp³-hybridized carbons (Fsp3) is 0.182. The van der Waals surface area contributed by atoms with Crippen LogP contribution in [0.25, 0.3) is 16.9 Å². The second-order valence-electron chi connectivity index (χ2n) is 6.61. The molecule has 4 aromatic rings. The highest BCUT2D eigenvalue weighted by Crippen LogP contribution is 2.26. The molecule has 0 aliphatic carbocycles. The Morgan fingerprint density at radius 1 is 1.16 bits per heavy atom. The van der Waals surface area contributed by atoms with Crippen molar-refractivity contribution in [3.8, 4) is 22.7 Å². The molecule has 0 saturated carbocycles. The van der Waals surface area contributed by atoms with Crippen molar-refractivity contribution in [1.82, 2.24) is 19.7 Å². The van der Waals surface area contributed by atoms with Gasteiger partial charge in [0.15, 0.2) is 10.3 Å². The monoisotopic (exact) mass is 451 g/mol. The van der Waals surface area contributed by atoms with Crippen molar-refractivity contribution in [1.29, 1.82) is 0 Å². The van der Waals surface area contributed by atoms with E-state index >= 15 is 0 Å². The quantitative estimate of drug-likeness (QED) is 0.391. The molecule has 0 atom stereocenters. The van der Waals surface area contributed by atoms with Crippen LogP contribution in [0.3, 0.4) is 0 Å². The lowest BCUT2D eigenvalue weighted by Crippen LogP contribution is -2.14. The molecule has 0 bridgehead atoms. The first kappa shape index (κ1) is 21.1. The SMILES string of the molecule is CCc1ccc(-c2csc(NC(=O)CSc3nncn3-c3ccc(OC)cc3)n2)cc1. The summed E-state index contributed by atoms with van der Waals surface area (Å²) in [5.41, 5.74) is 4.07. The molecule has 31 heavy (non-hydrogen) atoms. The van der Waals surface area contributed by atoms with E-state index in [1.807, 2.05) is 34.2 Å². The molecule has 2 aromatic carbocycles. The van der Waals surface area contributed by atoms with Crippen LogP contribution < -0.4 is 10.1 Å². The van der Waals surface area contributed by atoms with Gasteiger partial charge in [-0.15, -0.1) is 21.5 Å². The zero-order valence-corrected chi connectivity index (χ0v) is 18.7. The first-order chi connectivity index (χ1) is 15.2. The summed E-state index contributed by atoms with van der Waals surface area (Å²) in [6.07, 6.45) is 2.63. The molecule has 0 aliphatic rings. The summed E-state index contributed by atoms with van der Waals surface area (Å²) in [4.78, 5) is 17.0. The Kier molecular flexibility index (Phi) is 6.63. The summed E-state index contributed by atoms with van der Waals surface area (Å²) in [6.45, 7) is 2.13. The van der Waals surface area contributed by atoms with Gasteiger partial charge < -0.3 is 10.1 Å². The number of benzene rings is 2. The molecule has 158 valence electrons. The number of ether oxygens (including phenoxy) is 1. The van der Waals surface area contributed by atoms with Gasteiger partial charge in [0.25, 0.3) is 0 Å². The first-order valence-electron chi connectivity index (χ1n) is 9.68. The molecule has 0 aliphatic heterocycles. The maximum atomic E-state index is 12.4. The van der Waals surface area contributed by atoms with Gasteiger partial charge in [-0.05, 0) is 36.2 Å². The van der Waals surface area contributed by atoms with E-state index in [9.17, 15) is 4.79 Å². The average Bonchev–Trinajstić information content (AvgIpc) is 3.47. The average molecular weight is 452 g/mol. The minimum absolute atomic E-state index is 0.142. The lowest BCUT2D eigenvalue weighted by atomic mass is 10.1. The summed E-state index contributed by atoms with van der Waals surface area (Å²) in [7, 11) is 1.63. The van der Waals surface area contributed by atoms with Gasteiger partial charge in [0.05, 0.1) is 18.6 Å². The summed E-state index contributed by atoms with van der Waals surface area (Å²) >= 11 is 2.73. The number of hydrogen-bond acceptors (Lipinski definition) is 7. The number of nitrogens with one attached hydrogen (secondary N) is 1. The highest BCUT2D eigenvalue weighted by molar-refractivity contribution is 7.99. The van der Waals surface area contributed by atoms with E-state index in [1.165, 1.54) is 28.7 Å². The highest BCUT2D eigenvalue weighted by Gasteiger charge is 2.12. The third kappa shape index (κ3) is 5.12. The molecule has 9 heteroatoms. The number of rotatable bonds is 8. The molecule has 0 radical (unpaired) electrons. The Labute approximate surface area is 188 Å².